The van der Waals surface area contributed by atoms with Crippen LogP contribution >= 0.6 is 11.3 Å². The van der Waals surface area contributed by atoms with Crippen LogP contribution in [-0.4, -0.2) is 17.0 Å². The minimum Gasteiger partial charge on any atom is -0.368 e. The SMILES string of the molecule is CN(Cc1ccccc1)c1nc(N)nc2sccc12. The van der Waals surface area contributed by atoms with Crippen LogP contribution in [0.25, 0.3) is 10.2 Å². The second-order valence-corrected chi connectivity index (χ2v) is 5.28. The number of thiophene rings is 1. The van der Waals surface area contributed by atoms with E-state index in [0.717, 1.165) is 22.6 Å². The summed E-state index contributed by atoms with van der Waals surface area (Å²) >= 11 is 1.58. The maximum absolute atomic E-state index is 5.77. The van der Waals surface area contributed by atoms with E-state index >= 15 is 0 Å². The molecule has 0 fully saturated rings. The van der Waals surface area contributed by atoms with Crippen molar-refractivity contribution >= 4 is 33.3 Å². The lowest BCUT2D eigenvalue weighted by Crippen LogP contribution is -2.18. The Morgan fingerprint density at radius 3 is 2.74 bits per heavy atom. The van der Waals surface area contributed by atoms with Crippen molar-refractivity contribution in [1.82, 2.24) is 9.97 Å². The highest BCUT2D eigenvalue weighted by atomic mass is 32.1. The van der Waals surface area contributed by atoms with Crippen LogP contribution in [-0.2, 0) is 6.54 Å². The van der Waals surface area contributed by atoms with Crippen molar-refractivity contribution in [2.24, 2.45) is 0 Å². The van der Waals surface area contributed by atoms with Crippen molar-refractivity contribution in [2.75, 3.05) is 17.7 Å². The summed E-state index contributed by atoms with van der Waals surface area (Å²) in [6.07, 6.45) is 0. The summed E-state index contributed by atoms with van der Waals surface area (Å²) in [7, 11) is 2.02. The van der Waals surface area contributed by atoms with Gasteiger partial charge in [0.15, 0.2) is 0 Å². The van der Waals surface area contributed by atoms with Gasteiger partial charge < -0.3 is 10.6 Å². The number of rotatable bonds is 3. The van der Waals surface area contributed by atoms with Crippen LogP contribution in [0.15, 0.2) is 41.8 Å². The van der Waals surface area contributed by atoms with Gasteiger partial charge in [0.2, 0.25) is 5.95 Å². The number of hydrogen-bond donors (Lipinski definition) is 1. The molecule has 0 bridgehead atoms. The maximum Gasteiger partial charge on any atom is 0.223 e. The highest BCUT2D eigenvalue weighted by Crippen LogP contribution is 2.28. The standard InChI is InChI=1S/C14H14N4S/c1-18(9-10-5-3-2-4-6-10)12-11-7-8-19-13(11)17-14(15)16-12/h2-8H,9H2,1H3,(H2,15,16,17). The van der Waals surface area contributed by atoms with E-state index in [1.807, 2.05) is 36.7 Å². The van der Waals surface area contributed by atoms with Gasteiger partial charge in [-0.25, -0.2) is 4.98 Å². The molecule has 0 unspecified atom stereocenters. The van der Waals surface area contributed by atoms with E-state index in [-0.39, 0.29) is 0 Å². The topological polar surface area (TPSA) is 55.0 Å². The number of nitrogen functional groups attached to an aromatic ring is 1. The van der Waals surface area contributed by atoms with Crippen LogP contribution in [0, 0.1) is 0 Å². The van der Waals surface area contributed by atoms with Crippen molar-refractivity contribution in [1.29, 1.82) is 0 Å². The molecule has 0 aliphatic rings. The zero-order valence-electron chi connectivity index (χ0n) is 10.6. The summed E-state index contributed by atoms with van der Waals surface area (Å²) in [5.41, 5.74) is 7.01. The largest absolute Gasteiger partial charge is 0.368 e. The lowest BCUT2D eigenvalue weighted by atomic mass is 10.2. The first-order valence-corrected chi connectivity index (χ1v) is 6.88. The Morgan fingerprint density at radius 2 is 1.95 bits per heavy atom. The minimum absolute atomic E-state index is 0.324. The number of nitrogens with two attached hydrogens (primary N) is 1. The molecule has 0 atom stereocenters. The fourth-order valence-corrected chi connectivity index (χ4v) is 2.84. The van der Waals surface area contributed by atoms with Crippen LogP contribution < -0.4 is 10.6 Å². The van der Waals surface area contributed by atoms with Crippen molar-refractivity contribution in [3.05, 3.63) is 47.3 Å². The first-order valence-electron chi connectivity index (χ1n) is 6.00. The van der Waals surface area contributed by atoms with Crippen molar-refractivity contribution in [3.63, 3.8) is 0 Å². The second-order valence-electron chi connectivity index (χ2n) is 4.39. The molecule has 2 aromatic heterocycles. The van der Waals surface area contributed by atoms with E-state index in [1.54, 1.807) is 11.3 Å². The molecule has 3 aromatic rings. The number of fused-ring (bicyclic) bond motifs is 1. The fourth-order valence-electron chi connectivity index (χ4n) is 2.08. The number of aromatic nitrogens is 2. The summed E-state index contributed by atoms with van der Waals surface area (Å²) in [6.45, 7) is 0.794. The Kier molecular flexibility index (Phi) is 3.05. The molecule has 19 heavy (non-hydrogen) atoms. The summed E-state index contributed by atoms with van der Waals surface area (Å²) in [6, 6.07) is 12.3. The molecule has 96 valence electrons. The van der Waals surface area contributed by atoms with Gasteiger partial charge in [0.25, 0.3) is 0 Å². The van der Waals surface area contributed by atoms with E-state index in [4.69, 9.17) is 5.73 Å². The third-order valence-corrected chi connectivity index (χ3v) is 3.75. The van der Waals surface area contributed by atoms with E-state index in [2.05, 4.69) is 27.0 Å². The summed E-state index contributed by atoms with van der Waals surface area (Å²) in [4.78, 5) is 11.6. The van der Waals surface area contributed by atoms with Crippen molar-refractivity contribution in [2.45, 2.75) is 6.54 Å². The van der Waals surface area contributed by atoms with Gasteiger partial charge in [0.1, 0.15) is 10.6 Å². The van der Waals surface area contributed by atoms with E-state index in [0.29, 0.717) is 5.95 Å². The number of hydrogen-bond acceptors (Lipinski definition) is 5. The molecular formula is C14H14N4S. The summed E-state index contributed by atoms with van der Waals surface area (Å²) in [5, 5.41) is 3.07. The van der Waals surface area contributed by atoms with Gasteiger partial charge in [-0.3, -0.25) is 0 Å². The molecule has 0 spiro atoms. The predicted octanol–water partition coefficient (Wildman–Crippen LogP) is 2.91. The quantitative estimate of drug-likeness (QED) is 0.795. The number of nitrogens with zero attached hydrogens (tertiary/aromatic N) is 3. The monoisotopic (exact) mass is 270 g/mol. The van der Waals surface area contributed by atoms with Gasteiger partial charge >= 0.3 is 0 Å². The zero-order valence-corrected chi connectivity index (χ0v) is 11.4. The Morgan fingerprint density at radius 1 is 1.16 bits per heavy atom. The first-order chi connectivity index (χ1) is 9.24. The smallest absolute Gasteiger partial charge is 0.223 e. The Balaban J connectivity index is 1.97. The molecule has 1 aromatic carbocycles. The fraction of sp³-hybridized carbons (Fsp3) is 0.143. The van der Waals surface area contributed by atoms with Gasteiger partial charge in [0, 0.05) is 13.6 Å². The average molecular weight is 270 g/mol. The van der Waals surface area contributed by atoms with Crippen molar-refractivity contribution < 1.29 is 0 Å². The molecule has 0 radical (unpaired) electrons. The number of benzene rings is 1. The number of anilines is 2. The third-order valence-electron chi connectivity index (χ3n) is 2.95. The van der Waals surface area contributed by atoms with E-state index in [9.17, 15) is 0 Å². The second kappa shape index (κ2) is 4.85. The minimum atomic E-state index is 0.324. The molecule has 0 aliphatic heterocycles. The highest BCUT2D eigenvalue weighted by Gasteiger charge is 2.11. The molecule has 2 heterocycles. The zero-order chi connectivity index (χ0) is 13.2. The molecule has 0 amide bonds. The lowest BCUT2D eigenvalue weighted by Gasteiger charge is -2.19. The third kappa shape index (κ3) is 2.37. The van der Waals surface area contributed by atoms with Crippen molar-refractivity contribution in [3.8, 4) is 0 Å². The average Bonchev–Trinajstić information content (AvgIpc) is 2.86. The molecule has 5 heteroatoms. The lowest BCUT2D eigenvalue weighted by molar-refractivity contribution is 0.903. The van der Waals surface area contributed by atoms with Crippen LogP contribution in [0.2, 0.25) is 0 Å². The van der Waals surface area contributed by atoms with Crippen LogP contribution in [0.5, 0.6) is 0 Å². The van der Waals surface area contributed by atoms with Crippen LogP contribution in [0.3, 0.4) is 0 Å². The highest BCUT2D eigenvalue weighted by molar-refractivity contribution is 7.16. The van der Waals surface area contributed by atoms with E-state index in [1.165, 1.54) is 5.56 Å². The normalized spacial score (nSPS) is 10.8. The van der Waals surface area contributed by atoms with Gasteiger partial charge in [-0.1, -0.05) is 30.3 Å². The summed E-state index contributed by atoms with van der Waals surface area (Å²) in [5.74, 6) is 1.21. The van der Waals surface area contributed by atoms with Crippen LogP contribution in [0.1, 0.15) is 5.56 Å². The Labute approximate surface area is 115 Å². The Bertz CT molecular complexity index is 693. The summed E-state index contributed by atoms with van der Waals surface area (Å²) < 4.78 is 0. The van der Waals surface area contributed by atoms with Crippen LogP contribution in [0.4, 0.5) is 11.8 Å². The molecule has 2 N–H and O–H groups in total. The predicted molar refractivity (Wildman–Crippen MR) is 80.4 cm³/mol. The Hall–Kier alpha value is -2.14. The molecular weight excluding hydrogens is 256 g/mol. The molecule has 0 saturated heterocycles. The molecule has 0 saturated carbocycles. The van der Waals surface area contributed by atoms with Gasteiger partial charge in [0.05, 0.1) is 5.39 Å². The van der Waals surface area contributed by atoms with E-state index < -0.39 is 0 Å². The van der Waals surface area contributed by atoms with Gasteiger partial charge in [-0.2, -0.15) is 4.98 Å². The van der Waals surface area contributed by atoms with Gasteiger partial charge in [-0.15, -0.1) is 11.3 Å². The first kappa shape index (κ1) is 11.9. The molecule has 0 aliphatic carbocycles. The molecule has 3 rings (SSSR count). The molecule has 4 nitrogen and oxygen atoms in total. The maximum atomic E-state index is 5.77. The van der Waals surface area contributed by atoms with Gasteiger partial charge in [-0.05, 0) is 17.0 Å².